The van der Waals surface area contributed by atoms with E-state index in [1.807, 2.05) is 66.7 Å². The van der Waals surface area contributed by atoms with Gasteiger partial charge in [0.1, 0.15) is 11.9 Å². The van der Waals surface area contributed by atoms with E-state index in [1.165, 1.54) is 5.56 Å². The Morgan fingerprint density at radius 1 is 1.02 bits per heavy atom. The van der Waals surface area contributed by atoms with E-state index >= 15 is 0 Å². The summed E-state index contributed by atoms with van der Waals surface area (Å²) < 4.78 is 18.9. The zero-order valence-electron chi connectivity index (χ0n) is 28.9. The van der Waals surface area contributed by atoms with Crippen LogP contribution in [0.5, 0.6) is 5.75 Å². The highest BCUT2D eigenvalue weighted by molar-refractivity contribution is 5.89. The average Bonchev–Trinajstić information content (AvgIpc) is 2.94. The van der Waals surface area contributed by atoms with Gasteiger partial charge in [0.2, 0.25) is 0 Å². The molecule has 0 aliphatic carbocycles. The summed E-state index contributed by atoms with van der Waals surface area (Å²) in [6.07, 6.45) is 2.62. The maximum Gasteiger partial charge on any atom is 0.340 e. The molecule has 2 atom stereocenters. The zero-order valence-corrected chi connectivity index (χ0v) is 28.9. The van der Waals surface area contributed by atoms with Gasteiger partial charge in [-0.2, -0.15) is 0 Å². The summed E-state index contributed by atoms with van der Waals surface area (Å²) in [5, 5.41) is 0. The number of ether oxygens (including phenoxy) is 3. The van der Waals surface area contributed by atoms with E-state index in [2.05, 4.69) is 43.9 Å². The Balaban J connectivity index is 1.64. The van der Waals surface area contributed by atoms with E-state index in [4.69, 9.17) is 24.2 Å². The molecule has 2 aliphatic rings. The van der Waals surface area contributed by atoms with Crippen LogP contribution in [0.2, 0.25) is 0 Å². The highest BCUT2D eigenvalue weighted by Gasteiger charge is 2.38. The van der Waals surface area contributed by atoms with Crippen LogP contribution in [0.3, 0.4) is 0 Å². The predicted octanol–water partition coefficient (Wildman–Crippen LogP) is 8.57. The molecule has 0 amide bonds. The minimum absolute atomic E-state index is 0.0628. The second-order valence-electron chi connectivity index (χ2n) is 14.8. The molecule has 3 aromatic rings. The fourth-order valence-electron chi connectivity index (χ4n) is 6.54. The second kappa shape index (κ2) is 12.7. The molecule has 0 bridgehead atoms. The molecule has 1 unspecified atom stereocenters. The van der Waals surface area contributed by atoms with Crippen LogP contribution < -0.4 is 9.64 Å². The van der Waals surface area contributed by atoms with Gasteiger partial charge in [0.15, 0.2) is 6.10 Å². The van der Waals surface area contributed by atoms with Crippen molar-refractivity contribution in [1.82, 2.24) is 9.97 Å². The zero-order chi connectivity index (χ0) is 32.7. The van der Waals surface area contributed by atoms with Crippen molar-refractivity contribution in [2.24, 2.45) is 5.41 Å². The lowest BCUT2D eigenvalue weighted by Crippen LogP contribution is -2.39. The Hall–Kier alpha value is -3.45. The summed E-state index contributed by atoms with van der Waals surface area (Å²) in [6, 6.07) is 12.6. The third-order valence-corrected chi connectivity index (χ3v) is 8.85. The number of pyridine rings is 2. The number of carbonyl (C=O) groups is 1. The second-order valence-corrected chi connectivity index (χ2v) is 14.8. The molecule has 7 heteroatoms. The van der Waals surface area contributed by atoms with Crippen molar-refractivity contribution < 1.29 is 19.0 Å². The molecule has 0 saturated carbocycles. The van der Waals surface area contributed by atoms with Gasteiger partial charge in [-0.15, -0.1) is 0 Å². The van der Waals surface area contributed by atoms with E-state index in [-0.39, 0.29) is 23.6 Å². The van der Waals surface area contributed by atoms with Crippen molar-refractivity contribution in [2.45, 2.75) is 119 Å². The number of anilines is 1. The maximum atomic E-state index is 13.8. The number of rotatable bonds is 7. The van der Waals surface area contributed by atoms with Crippen LogP contribution in [0.4, 0.5) is 5.69 Å². The molecule has 1 fully saturated rings. The van der Waals surface area contributed by atoms with Gasteiger partial charge in [-0.05, 0) is 122 Å². The number of fused-ring (bicyclic) bond motifs is 1. The van der Waals surface area contributed by atoms with Gasteiger partial charge in [0.25, 0.3) is 0 Å². The van der Waals surface area contributed by atoms with Crippen LogP contribution >= 0.6 is 0 Å². The molecule has 0 N–H and O–H groups in total. The average molecular weight is 614 g/mol. The van der Waals surface area contributed by atoms with Gasteiger partial charge in [-0.1, -0.05) is 26.0 Å². The molecule has 4 heterocycles. The smallest absolute Gasteiger partial charge is 0.340 e. The van der Waals surface area contributed by atoms with Crippen molar-refractivity contribution >= 4 is 11.7 Å². The number of nitrogens with zero attached hydrogens (tertiary/aromatic N) is 3. The molecule has 2 aromatic heterocycles. The third kappa shape index (κ3) is 7.51. The summed E-state index contributed by atoms with van der Waals surface area (Å²) in [5.41, 5.74) is 8.49. The molecule has 5 rings (SSSR count). The van der Waals surface area contributed by atoms with Crippen molar-refractivity contribution in [3.63, 3.8) is 0 Å². The fourth-order valence-corrected chi connectivity index (χ4v) is 6.54. The Kier molecular flexibility index (Phi) is 9.33. The molecule has 7 nitrogen and oxygen atoms in total. The van der Waals surface area contributed by atoms with E-state index in [9.17, 15) is 4.79 Å². The number of hydrogen-bond acceptors (Lipinski definition) is 7. The molecule has 0 spiro atoms. The van der Waals surface area contributed by atoms with Crippen molar-refractivity contribution in [2.75, 3.05) is 18.0 Å². The lowest BCUT2D eigenvalue weighted by Gasteiger charge is -2.41. The first-order valence-corrected chi connectivity index (χ1v) is 16.5. The van der Waals surface area contributed by atoms with Gasteiger partial charge in [-0.3, -0.25) is 9.97 Å². The highest BCUT2D eigenvalue weighted by atomic mass is 16.6. The van der Waals surface area contributed by atoms with Crippen LogP contribution in [0.1, 0.15) is 114 Å². The Labute approximate surface area is 269 Å². The van der Waals surface area contributed by atoms with Gasteiger partial charge in [-0.25, -0.2) is 4.79 Å². The van der Waals surface area contributed by atoms with E-state index in [1.54, 1.807) is 0 Å². The molecule has 1 saturated heterocycles. The predicted molar refractivity (Wildman–Crippen MR) is 180 cm³/mol. The SMILES string of the molecule is Cc1cccc(C2CCc3cc(-c4c(C)nc(C)c([C@H](OC(C)(C)C)C(=O)OC(C)C)c4N4CCC(C)(C)CC4)ccc3O2)n1. The highest BCUT2D eigenvalue weighted by Crippen LogP contribution is 2.46. The molecule has 0 radical (unpaired) electrons. The van der Waals surface area contributed by atoms with E-state index in [0.717, 1.165) is 89.7 Å². The molecule has 2 aliphatic heterocycles. The largest absolute Gasteiger partial charge is 0.484 e. The van der Waals surface area contributed by atoms with E-state index < -0.39 is 11.7 Å². The van der Waals surface area contributed by atoms with Crippen molar-refractivity contribution in [3.8, 4) is 16.9 Å². The summed E-state index contributed by atoms with van der Waals surface area (Å²) in [4.78, 5) is 26.0. The molecular weight excluding hydrogens is 562 g/mol. The quantitative estimate of drug-likeness (QED) is 0.247. The van der Waals surface area contributed by atoms with Gasteiger partial charge >= 0.3 is 5.97 Å². The first-order valence-electron chi connectivity index (χ1n) is 16.5. The van der Waals surface area contributed by atoms with Crippen LogP contribution in [-0.4, -0.2) is 40.7 Å². The number of aromatic nitrogens is 2. The van der Waals surface area contributed by atoms with Gasteiger partial charge in [0, 0.05) is 41.3 Å². The van der Waals surface area contributed by atoms with Crippen molar-refractivity contribution in [3.05, 3.63) is 70.3 Å². The van der Waals surface area contributed by atoms with Crippen LogP contribution in [0.15, 0.2) is 36.4 Å². The number of esters is 1. The first-order chi connectivity index (χ1) is 21.1. The summed E-state index contributed by atoms with van der Waals surface area (Å²) >= 11 is 0. The fraction of sp³-hybridized carbons (Fsp3) is 0.553. The number of benzene rings is 1. The normalized spacial score (nSPS) is 18.7. The molecule has 45 heavy (non-hydrogen) atoms. The number of aryl methyl sites for hydroxylation is 4. The number of hydrogen-bond donors (Lipinski definition) is 0. The maximum absolute atomic E-state index is 13.8. The lowest BCUT2D eigenvalue weighted by atomic mass is 9.81. The Bertz CT molecular complexity index is 1550. The topological polar surface area (TPSA) is 73.8 Å². The van der Waals surface area contributed by atoms with E-state index in [0.29, 0.717) is 0 Å². The summed E-state index contributed by atoms with van der Waals surface area (Å²) in [7, 11) is 0. The van der Waals surface area contributed by atoms with Gasteiger partial charge in [0.05, 0.1) is 23.1 Å². The lowest BCUT2D eigenvalue weighted by molar-refractivity contribution is -0.171. The summed E-state index contributed by atoms with van der Waals surface area (Å²) in [5.74, 6) is 0.514. The number of carbonyl (C=O) groups excluding carboxylic acids is 1. The van der Waals surface area contributed by atoms with Gasteiger partial charge < -0.3 is 19.1 Å². The van der Waals surface area contributed by atoms with Crippen LogP contribution in [-0.2, 0) is 20.7 Å². The molecular formula is C38H51N3O4. The van der Waals surface area contributed by atoms with Crippen LogP contribution in [0.25, 0.3) is 11.1 Å². The minimum Gasteiger partial charge on any atom is -0.484 e. The minimum atomic E-state index is -0.910. The molecule has 242 valence electrons. The van der Waals surface area contributed by atoms with Crippen molar-refractivity contribution in [1.29, 1.82) is 0 Å². The molecule has 1 aromatic carbocycles. The Morgan fingerprint density at radius 3 is 2.38 bits per heavy atom. The number of piperidine rings is 1. The monoisotopic (exact) mass is 613 g/mol. The first kappa shape index (κ1) is 32.9. The van der Waals surface area contributed by atoms with Crippen LogP contribution in [0, 0.1) is 26.2 Å². The summed E-state index contributed by atoms with van der Waals surface area (Å²) in [6.45, 7) is 22.2. The standard InChI is InChI=1S/C38H51N3O4/c1-23(2)43-36(42)35(45-37(6,7)8)33-26(5)40-25(4)32(34(33)41-20-18-38(9,10)19-21-41)28-15-16-30-27(22-28)14-17-31(44-30)29-13-11-12-24(3)39-29/h11-13,15-16,22-23,31,35H,14,17-21H2,1-10H3/t31?,35-/m0/s1. The Morgan fingerprint density at radius 2 is 1.73 bits per heavy atom. The third-order valence-electron chi connectivity index (χ3n) is 8.85.